The molecule has 1 fully saturated rings. The predicted octanol–water partition coefficient (Wildman–Crippen LogP) is 2.41. The molecular weight excluding hydrogens is 642 g/mol. The minimum absolute atomic E-state index is 0.102. The molecule has 0 radical (unpaired) electrons. The number of carbonyl (C=O) groups is 2. The van der Waals surface area contributed by atoms with Crippen LogP contribution >= 0.6 is 11.3 Å². The van der Waals surface area contributed by atoms with Gasteiger partial charge < -0.3 is 28.7 Å². The van der Waals surface area contributed by atoms with E-state index >= 15 is 0 Å². The van der Waals surface area contributed by atoms with E-state index < -0.39 is 28.5 Å². The van der Waals surface area contributed by atoms with Gasteiger partial charge in [-0.1, -0.05) is 17.4 Å². The fourth-order valence-electron chi connectivity index (χ4n) is 5.61. The number of aromatic nitrogens is 1. The summed E-state index contributed by atoms with van der Waals surface area (Å²) in [6.07, 6.45) is 1.51. The Hall–Kier alpha value is -5.02. The molecule has 0 bridgehead atoms. The average Bonchev–Trinajstić information content (AvgIpc) is 3.37. The van der Waals surface area contributed by atoms with Crippen molar-refractivity contribution in [2.45, 2.75) is 26.8 Å². The summed E-state index contributed by atoms with van der Waals surface area (Å²) in [4.78, 5) is 60.2. The third kappa shape index (κ3) is 7.11. The number of fused-ring (bicyclic) bond motifs is 1. The molecule has 1 saturated heterocycles. The molecule has 0 spiro atoms. The van der Waals surface area contributed by atoms with Gasteiger partial charge in [-0.3, -0.25) is 19.5 Å². The van der Waals surface area contributed by atoms with Crippen molar-refractivity contribution in [3.05, 3.63) is 88.6 Å². The maximum atomic E-state index is 14.2. The summed E-state index contributed by atoms with van der Waals surface area (Å²) >= 11 is 1.07. The van der Waals surface area contributed by atoms with Gasteiger partial charge in [0, 0.05) is 37.9 Å². The zero-order chi connectivity index (χ0) is 34.5. The molecule has 2 aliphatic heterocycles. The minimum Gasteiger partial charge on any atom is -0.490 e. The van der Waals surface area contributed by atoms with Gasteiger partial charge in [-0.2, -0.15) is 0 Å². The van der Waals surface area contributed by atoms with Gasteiger partial charge in [0.1, 0.15) is 0 Å². The van der Waals surface area contributed by atoms with Crippen LogP contribution in [0.2, 0.25) is 0 Å². The number of hydrogen-bond acceptors (Lipinski definition) is 13. The van der Waals surface area contributed by atoms with E-state index in [1.165, 1.54) is 23.8 Å². The molecule has 254 valence electrons. The maximum Gasteiger partial charge on any atom is 0.343 e. The van der Waals surface area contributed by atoms with E-state index in [2.05, 4.69) is 19.5 Å². The number of nitro groups is 1. The van der Waals surface area contributed by atoms with Crippen molar-refractivity contribution >= 4 is 40.7 Å². The van der Waals surface area contributed by atoms with Crippen LogP contribution in [0.3, 0.4) is 0 Å². The molecule has 0 amide bonds. The Morgan fingerprint density at radius 3 is 2.48 bits per heavy atom. The Balaban J connectivity index is 1.66. The van der Waals surface area contributed by atoms with Gasteiger partial charge in [0.25, 0.3) is 11.2 Å². The van der Waals surface area contributed by atoms with Crippen molar-refractivity contribution in [2.24, 2.45) is 4.99 Å². The van der Waals surface area contributed by atoms with Crippen molar-refractivity contribution in [1.29, 1.82) is 0 Å². The highest BCUT2D eigenvalue weighted by atomic mass is 32.1. The number of carbonyl (C=O) groups excluding carboxylic acids is 2. The van der Waals surface area contributed by atoms with Crippen molar-refractivity contribution in [1.82, 2.24) is 9.47 Å². The molecule has 1 aromatic heterocycles. The second-order valence-corrected chi connectivity index (χ2v) is 12.1. The monoisotopic (exact) mass is 679 g/mol. The number of methoxy groups -OCH3 is 1. The Morgan fingerprint density at radius 1 is 1.06 bits per heavy atom. The molecule has 14 nitrogen and oxygen atoms in total. The third-order valence-corrected chi connectivity index (χ3v) is 9.02. The van der Waals surface area contributed by atoms with Crippen LogP contribution in [-0.4, -0.2) is 86.5 Å². The van der Waals surface area contributed by atoms with Crippen molar-refractivity contribution in [2.75, 3.05) is 65.1 Å². The van der Waals surface area contributed by atoms with Crippen LogP contribution < -0.4 is 29.3 Å². The van der Waals surface area contributed by atoms with Crippen LogP contribution in [-0.2, 0) is 19.1 Å². The number of piperazine rings is 1. The number of likely N-dealkylation sites (N-methyl/N-ethyl adjacent to an activating group) is 1. The third-order valence-electron chi connectivity index (χ3n) is 8.04. The van der Waals surface area contributed by atoms with Crippen LogP contribution in [0.1, 0.15) is 37.9 Å². The highest BCUT2D eigenvalue weighted by molar-refractivity contribution is 7.07. The fourth-order valence-corrected chi connectivity index (χ4v) is 6.65. The number of nitrogens with zero attached hydrogens (tertiary/aromatic N) is 5. The SMILES string of the molecule is CCOC(=O)C1=C(C)N=c2s/c(=C\c3cc(N4CCN(C)CC4)ccc3[N+](=O)[O-])c(=O)n2[C@H]1c1ccc(OCC(=O)OC)c(OCC)c1. The van der Waals surface area contributed by atoms with Crippen LogP contribution in [0, 0.1) is 10.1 Å². The van der Waals surface area contributed by atoms with Gasteiger partial charge in [-0.15, -0.1) is 0 Å². The molecule has 2 aromatic carbocycles. The van der Waals surface area contributed by atoms with Crippen molar-refractivity contribution in [3.63, 3.8) is 0 Å². The highest BCUT2D eigenvalue weighted by Gasteiger charge is 2.34. The molecule has 15 heteroatoms. The molecule has 5 rings (SSSR count). The average molecular weight is 680 g/mol. The minimum atomic E-state index is -0.969. The largest absolute Gasteiger partial charge is 0.490 e. The summed E-state index contributed by atoms with van der Waals surface area (Å²) in [6.45, 7) is 8.40. The van der Waals surface area contributed by atoms with Crippen LogP contribution in [0.4, 0.5) is 11.4 Å². The number of thiazole rings is 1. The van der Waals surface area contributed by atoms with Crippen LogP contribution in [0.25, 0.3) is 6.08 Å². The first-order chi connectivity index (χ1) is 23.1. The molecule has 48 heavy (non-hydrogen) atoms. The molecule has 1 atom stereocenters. The fraction of sp³-hybridized carbons (Fsp3) is 0.394. The summed E-state index contributed by atoms with van der Waals surface area (Å²) in [5.41, 5.74) is 1.50. The number of nitro benzene ring substituents is 1. The number of anilines is 1. The van der Waals surface area contributed by atoms with Crippen molar-refractivity contribution < 1.29 is 33.5 Å². The standard InChI is InChI=1S/C33H37N5O9S/c1-6-45-26-17-21(8-11-25(26)47-19-28(39)44-5)30-29(32(41)46-7-2)20(3)34-33-37(30)31(40)27(48-33)18-22-16-23(9-10-24(22)38(42)43)36-14-12-35(4)13-15-36/h8-11,16-18,30H,6-7,12-15,19H2,1-5H3/b27-18-/t30-/m0/s1. The van der Waals surface area contributed by atoms with Gasteiger partial charge in [-0.25, -0.2) is 14.6 Å². The molecule has 3 aromatic rings. The predicted molar refractivity (Wildman–Crippen MR) is 178 cm³/mol. The second kappa shape index (κ2) is 14.8. The van der Waals surface area contributed by atoms with Gasteiger partial charge >= 0.3 is 11.9 Å². The lowest BCUT2D eigenvalue weighted by molar-refractivity contribution is -0.385. The van der Waals surface area contributed by atoms with E-state index in [4.69, 9.17) is 14.2 Å². The van der Waals surface area contributed by atoms with Crippen LogP contribution in [0.15, 0.2) is 57.5 Å². The Bertz CT molecular complexity index is 1940. The van der Waals surface area contributed by atoms with E-state index in [1.807, 2.05) is 7.05 Å². The second-order valence-electron chi connectivity index (χ2n) is 11.1. The highest BCUT2D eigenvalue weighted by Crippen LogP contribution is 2.36. The van der Waals surface area contributed by atoms with E-state index in [-0.39, 0.29) is 52.7 Å². The Morgan fingerprint density at radius 2 is 1.81 bits per heavy atom. The Kier molecular flexibility index (Phi) is 10.6. The van der Waals surface area contributed by atoms with Gasteiger partial charge in [0.15, 0.2) is 22.9 Å². The van der Waals surface area contributed by atoms with Gasteiger partial charge in [0.2, 0.25) is 0 Å². The lowest BCUT2D eigenvalue weighted by Gasteiger charge is -2.34. The first kappa shape index (κ1) is 34.3. The van der Waals surface area contributed by atoms with E-state index in [0.717, 1.165) is 43.2 Å². The molecule has 0 unspecified atom stereocenters. The molecule has 3 heterocycles. The summed E-state index contributed by atoms with van der Waals surface area (Å²) < 4.78 is 23.1. The van der Waals surface area contributed by atoms with E-state index in [1.54, 1.807) is 51.1 Å². The summed E-state index contributed by atoms with van der Waals surface area (Å²) in [7, 11) is 3.30. The number of hydrogen-bond donors (Lipinski definition) is 0. The molecule has 2 aliphatic rings. The zero-order valence-electron chi connectivity index (χ0n) is 27.4. The smallest absolute Gasteiger partial charge is 0.343 e. The lowest BCUT2D eigenvalue weighted by atomic mass is 9.95. The number of benzene rings is 2. The topological polar surface area (TPSA) is 155 Å². The van der Waals surface area contributed by atoms with Gasteiger partial charge in [-0.05, 0) is 63.7 Å². The number of rotatable bonds is 11. The van der Waals surface area contributed by atoms with E-state index in [9.17, 15) is 24.5 Å². The zero-order valence-corrected chi connectivity index (χ0v) is 28.2. The van der Waals surface area contributed by atoms with Crippen LogP contribution in [0.5, 0.6) is 11.5 Å². The van der Waals surface area contributed by atoms with Crippen molar-refractivity contribution in [3.8, 4) is 11.5 Å². The molecule has 0 aliphatic carbocycles. The van der Waals surface area contributed by atoms with Gasteiger partial charge in [0.05, 0.1) is 52.7 Å². The number of allylic oxidation sites excluding steroid dienone is 1. The summed E-state index contributed by atoms with van der Waals surface area (Å²) in [6, 6.07) is 8.84. The summed E-state index contributed by atoms with van der Waals surface area (Å²) in [5, 5.41) is 12.1. The quantitative estimate of drug-likeness (QED) is 0.167. The maximum absolute atomic E-state index is 14.2. The molecular formula is C33H37N5O9S. The normalized spacial score (nSPS) is 16.6. The van der Waals surface area contributed by atoms with E-state index in [0.29, 0.717) is 16.1 Å². The Labute approximate surface area is 280 Å². The first-order valence-corrected chi connectivity index (χ1v) is 16.3. The number of ether oxygens (including phenoxy) is 4. The number of esters is 2. The molecule has 0 N–H and O–H groups in total. The molecule has 0 saturated carbocycles. The first-order valence-electron chi connectivity index (χ1n) is 15.4. The lowest BCUT2D eigenvalue weighted by Crippen LogP contribution is -2.44. The summed E-state index contributed by atoms with van der Waals surface area (Å²) in [5.74, 6) is -0.664.